The molecule has 1 aromatic rings. The molecule has 17 heavy (non-hydrogen) atoms. The fraction of sp³-hybridized carbons (Fsp3) is 0.538. The molecule has 0 aliphatic heterocycles. The summed E-state index contributed by atoms with van der Waals surface area (Å²) < 4.78 is 0. The van der Waals surface area contributed by atoms with E-state index in [0.717, 1.165) is 18.0 Å². The van der Waals surface area contributed by atoms with E-state index in [1.807, 2.05) is 19.2 Å². The van der Waals surface area contributed by atoms with Crippen LogP contribution in [0.4, 0.5) is 0 Å². The first-order valence-electron chi connectivity index (χ1n) is 6.12. The number of nitrogens with one attached hydrogen (secondary N) is 2. The Morgan fingerprint density at radius 2 is 2.35 bits per heavy atom. The molecular formula is C13H19N3O. The second-order valence-electron chi connectivity index (χ2n) is 4.65. The maximum Gasteiger partial charge on any atom is 0.233 e. The van der Waals surface area contributed by atoms with Crippen LogP contribution in [0, 0.1) is 12.8 Å². The molecule has 1 amide bonds. The van der Waals surface area contributed by atoms with Gasteiger partial charge in [0.1, 0.15) is 0 Å². The Morgan fingerprint density at radius 3 is 3.06 bits per heavy atom. The van der Waals surface area contributed by atoms with E-state index in [1.165, 1.54) is 18.4 Å². The smallest absolute Gasteiger partial charge is 0.233 e. The van der Waals surface area contributed by atoms with E-state index in [1.54, 1.807) is 6.20 Å². The lowest BCUT2D eigenvalue weighted by Crippen LogP contribution is -2.34. The quantitative estimate of drug-likeness (QED) is 0.771. The van der Waals surface area contributed by atoms with Crippen LogP contribution >= 0.6 is 0 Å². The van der Waals surface area contributed by atoms with E-state index in [4.69, 9.17) is 0 Å². The molecule has 4 heteroatoms. The molecule has 2 rings (SSSR count). The summed E-state index contributed by atoms with van der Waals surface area (Å²) in [6.45, 7) is 3.96. The van der Waals surface area contributed by atoms with Crippen LogP contribution < -0.4 is 10.6 Å². The van der Waals surface area contributed by atoms with Crippen molar-refractivity contribution in [3.05, 3.63) is 29.6 Å². The summed E-state index contributed by atoms with van der Waals surface area (Å²) in [5, 5.41) is 6.08. The number of aryl methyl sites for hydroxylation is 1. The van der Waals surface area contributed by atoms with Crippen molar-refractivity contribution in [2.24, 2.45) is 5.92 Å². The second-order valence-corrected chi connectivity index (χ2v) is 4.65. The number of aromatic nitrogens is 1. The zero-order valence-electron chi connectivity index (χ0n) is 10.2. The van der Waals surface area contributed by atoms with Crippen molar-refractivity contribution < 1.29 is 4.79 Å². The minimum atomic E-state index is 0.0867. The fourth-order valence-electron chi connectivity index (χ4n) is 1.65. The summed E-state index contributed by atoms with van der Waals surface area (Å²) >= 11 is 0. The van der Waals surface area contributed by atoms with Gasteiger partial charge >= 0.3 is 0 Å². The van der Waals surface area contributed by atoms with Gasteiger partial charge in [-0.3, -0.25) is 9.78 Å². The topological polar surface area (TPSA) is 54.0 Å². The van der Waals surface area contributed by atoms with E-state index in [9.17, 15) is 4.79 Å². The van der Waals surface area contributed by atoms with Gasteiger partial charge in [-0.1, -0.05) is 0 Å². The molecule has 0 saturated heterocycles. The van der Waals surface area contributed by atoms with E-state index in [-0.39, 0.29) is 5.91 Å². The molecule has 0 spiro atoms. The average Bonchev–Trinajstić information content (AvgIpc) is 3.13. The van der Waals surface area contributed by atoms with Crippen LogP contribution in [-0.4, -0.2) is 24.0 Å². The second kappa shape index (κ2) is 5.77. The molecule has 0 bridgehead atoms. The molecule has 1 aliphatic rings. The Labute approximate surface area is 102 Å². The number of rotatable bonds is 6. The summed E-state index contributed by atoms with van der Waals surface area (Å²) in [7, 11) is 0. The predicted molar refractivity (Wildman–Crippen MR) is 66.4 cm³/mol. The van der Waals surface area contributed by atoms with Crippen molar-refractivity contribution in [1.29, 1.82) is 0 Å². The Balaban J connectivity index is 1.64. The van der Waals surface area contributed by atoms with Crippen LogP contribution in [0.25, 0.3) is 0 Å². The van der Waals surface area contributed by atoms with Gasteiger partial charge in [-0.25, -0.2) is 0 Å². The van der Waals surface area contributed by atoms with Crippen LogP contribution in [0.1, 0.15) is 24.0 Å². The van der Waals surface area contributed by atoms with Crippen molar-refractivity contribution in [2.75, 3.05) is 13.1 Å². The number of carbonyl (C=O) groups is 1. The molecule has 1 aliphatic carbocycles. The minimum Gasteiger partial charge on any atom is -0.355 e. The Morgan fingerprint density at radius 1 is 1.53 bits per heavy atom. The molecule has 1 heterocycles. The lowest BCUT2D eigenvalue weighted by atomic mass is 10.1. The monoisotopic (exact) mass is 233 g/mol. The number of pyridine rings is 1. The summed E-state index contributed by atoms with van der Waals surface area (Å²) in [4.78, 5) is 15.5. The number of amides is 1. The molecule has 1 saturated carbocycles. The van der Waals surface area contributed by atoms with Gasteiger partial charge in [0.05, 0.1) is 6.54 Å². The number of nitrogens with zero attached hydrogens (tertiary/aromatic N) is 1. The van der Waals surface area contributed by atoms with E-state index in [0.29, 0.717) is 13.1 Å². The lowest BCUT2D eigenvalue weighted by molar-refractivity contribution is -0.120. The van der Waals surface area contributed by atoms with E-state index < -0.39 is 0 Å². The van der Waals surface area contributed by atoms with Crippen LogP contribution in [-0.2, 0) is 11.3 Å². The minimum absolute atomic E-state index is 0.0867. The normalized spacial score (nSPS) is 14.6. The number of hydrogen-bond donors (Lipinski definition) is 2. The molecule has 0 radical (unpaired) electrons. The van der Waals surface area contributed by atoms with Gasteiger partial charge in [0, 0.05) is 25.5 Å². The highest BCUT2D eigenvalue weighted by atomic mass is 16.1. The van der Waals surface area contributed by atoms with Gasteiger partial charge in [0.2, 0.25) is 5.91 Å². The van der Waals surface area contributed by atoms with E-state index in [2.05, 4.69) is 15.6 Å². The highest BCUT2D eigenvalue weighted by molar-refractivity contribution is 5.77. The fourth-order valence-corrected chi connectivity index (χ4v) is 1.65. The van der Waals surface area contributed by atoms with Crippen molar-refractivity contribution in [3.63, 3.8) is 0 Å². The van der Waals surface area contributed by atoms with Crippen LogP contribution in [0.5, 0.6) is 0 Å². The largest absolute Gasteiger partial charge is 0.355 e. The molecular weight excluding hydrogens is 214 g/mol. The maximum atomic E-state index is 11.5. The standard InChI is InChI=1S/C13H19N3O/c1-10-6-14-5-4-12(10)8-15-9-13(17)16-7-11-2-3-11/h4-6,11,15H,2-3,7-9H2,1H3,(H,16,17). The number of hydrogen-bond acceptors (Lipinski definition) is 3. The van der Waals surface area contributed by atoms with Crippen molar-refractivity contribution in [2.45, 2.75) is 26.3 Å². The summed E-state index contributed by atoms with van der Waals surface area (Å²) in [6, 6.07) is 1.98. The summed E-state index contributed by atoms with van der Waals surface area (Å²) in [6.07, 6.45) is 6.15. The van der Waals surface area contributed by atoms with Crippen molar-refractivity contribution in [3.8, 4) is 0 Å². The van der Waals surface area contributed by atoms with Crippen molar-refractivity contribution >= 4 is 5.91 Å². The third-order valence-corrected chi connectivity index (χ3v) is 3.02. The van der Waals surface area contributed by atoms with E-state index >= 15 is 0 Å². The summed E-state index contributed by atoms with van der Waals surface area (Å²) in [5.74, 6) is 0.824. The van der Waals surface area contributed by atoms with Gasteiger partial charge in [0.15, 0.2) is 0 Å². The molecule has 1 aromatic heterocycles. The number of carbonyl (C=O) groups excluding carboxylic acids is 1. The zero-order chi connectivity index (χ0) is 12.1. The van der Waals surface area contributed by atoms with Crippen molar-refractivity contribution in [1.82, 2.24) is 15.6 Å². The Bertz CT molecular complexity index is 388. The van der Waals surface area contributed by atoms with Gasteiger partial charge < -0.3 is 10.6 Å². The molecule has 1 fully saturated rings. The van der Waals surface area contributed by atoms with Gasteiger partial charge in [-0.05, 0) is 42.9 Å². The maximum absolute atomic E-state index is 11.5. The van der Waals surface area contributed by atoms with Crippen LogP contribution in [0.2, 0.25) is 0 Å². The first-order valence-corrected chi connectivity index (χ1v) is 6.12. The van der Waals surface area contributed by atoms with Crippen LogP contribution in [0.15, 0.2) is 18.5 Å². The molecule has 2 N–H and O–H groups in total. The lowest BCUT2D eigenvalue weighted by Gasteiger charge is -2.07. The highest BCUT2D eigenvalue weighted by Crippen LogP contribution is 2.27. The predicted octanol–water partition coefficient (Wildman–Crippen LogP) is 1.01. The Hall–Kier alpha value is -1.42. The van der Waals surface area contributed by atoms with Gasteiger partial charge in [0.25, 0.3) is 0 Å². The zero-order valence-corrected chi connectivity index (χ0v) is 10.2. The highest BCUT2D eigenvalue weighted by Gasteiger charge is 2.21. The third-order valence-electron chi connectivity index (χ3n) is 3.02. The third kappa shape index (κ3) is 4.15. The first-order chi connectivity index (χ1) is 8.25. The molecule has 0 aromatic carbocycles. The first kappa shape index (κ1) is 12.0. The summed E-state index contributed by atoms with van der Waals surface area (Å²) in [5.41, 5.74) is 2.34. The molecule has 92 valence electrons. The Kier molecular flexibility index (Phi) is 4.09. The molecule has 4 nitrogen and oxygen atoms in total. The SMILES string of the molecule is Cc1cnccc1CNCC(=O)NCC1CC1. The average molecular weight is 233 g/mol. The molecule has 0 atom stereocenters. The molecule has 0 unspecified atom stereocenters. The van der Waals surface area contributed by atoms with Gasteiger partial charge in [-0.15, -0.1) is 0 Å². The van der Waals surface area contributed by atoms with Gasteiger partial charge in [-0.2, -0.15) is 0 Å². The van der Waals surface area contributed by atoms with Crippen LogP contribution in [0.3, 0.4) is 0 Å².